The molecule has 3 nitrogen and oxygen atoms in total. The van der Waals surface area contributed by atoms with E-state index in [9.17, 15) is 22.0 Å². The van der Waals surface area contributed by atoms with E-state index in [4.69, 9.17) is 0 Å². The maximum atomic E-state index is 14.4. The summed E-state index contributed by atoms with van der Waals surface area (Å²) in [5.41, 5.74) is 0.333. The van der Waals surface area contributed by atoms with Crippen LogP contribution in [0.4, 0.5) is 27.9 Å². The van der Waals surface area contributed by atoms with Gasteiger partial charge in [-0.1, -0.05) is 48.5 Å². The first-order chi connectivity index (χ1) is 14.8. The molecule has 31 heavy (non-hydrogen) atoms. The second kappa shape index (κ2) is 8.22. The normalized spacial score (nSPS) is 11.5. The molecule has 4 aromatic rings. The molecule has 8 heteroatoms. The lowest BCUT2D eigenvalue weighted by Crippen LogP contribution is -2.12. The zero-order chi connectivity index (χ0) is 22.0. The van der Waals surface area contributed by atoms with Crippen LogP contribution in [0, 0.1) is 11.6 Å². The van der Waals surface area contributed by atoms with Crippen molar-refractivity contribution in [1.82, 2.24) is 9.55 Å². The average Bonchev–Trinajstić information content (AvgIpc) is 3.17. The Morgan fingerprint density at radius 1 is 0.871 bits per heavy atom. The predicted octanol–water partition coefficient (Wildman–Crippen LogP) is 6.45. The van der Waals surface area contributed by atoms with Crippen LogP contribution in [-0.2, 0) is 12.7 Å². The van der Waals surface area contributed by atoms with E-state index < -0.39 is 23.4 Å². The number of anilines is 1. The Kier molecular flexibility index (Phi) is 5.46. The van der Waals surface area contributed by atoms with Gasteiger partial charge in [-0.05, 0) is 24.3 Å². The Morgan fingerprint density at radius 3 is 2.32 bits per heavy atom. The van der Waals surface area contributed by atoms with Crippen molar-refractivity contribution in [3.05, 3.63) is 102 Å². The molecule has 0 atom stereocenters. The van der Waals surface area contributed by atoms with Gasteiger partial charge in [-0.2, -0.15) is 13.2 Å². The number of benzene rings is 3. The number of hydrogen-bond donors (Lipinski definition) is 1. The molecule has 0 bridgehead atoms. The molecule has 158 valence electrons. The first-order valence-corrected chi connectivity index (χ1v) is 9.32. The summed E-state index contributed by atoms with van der Waals surface area (Å²) in [5, 5.41) is 2.88. The fourth-order valence-electron chi connectivity index (χ4n) is 3.19. The molecule has 0 unspecified atom stereocenters. The molecule has 0 saturated carbocycles. The van der Waals surface area contributed by atoms with Crippen LogP contribution in [0.15, 0.2) is 79.0 Å². The molecule has 4 rings (SSSR count). The summed E-state index contributed by atoms with van der Waals surface area (Å²) >= 11 is 0. The monoisotopic (exact) mass is 429 g/mol. The lowest BCUT2D eigenvalue weighted by Gasteiger charge is -2.13. The molecule has 0 aliphatic rings. The van der Waals surface area contributed by atoms with Crippen LogP contribution >= 0.6 is 0 Å². The summed E-state index contributed by atoms with van der Waals surface area (Å²) in [6.07, 6.45) is -3.12. The van der Waals surface area contributed by atoms with E-state index in [1.54, 1.807) is 16.8 Å². The van der Waals surface area contributed by atoms with Crippen LogP contribution in [0.2, 0.25) is 0 Å². The Morgan fingerprint density at radius 2 is 1.61 bits per heavy atom. The highest BCUT2D eigenvalue weighted by molar-refractivity contribution is 5.62. The topological polar surface area (TPSA) is 29.9 Å². The van der Waals surface area contributed by atoms with Gasteiger partial charge in [0.1, 0.15) is 11.6 Å². The Hall–Kier alpha value is -3.68. The number of nitrogens with zero attached hydrogens (tertiary/aromatic N) is 2. The number of hydrogen-bond acceptors (Lipinski definition) is 2. The van der Waals surface area contributed by atoms with E-state index in [2.05, 4.69) is 10.3 Å². The molecule has 0 radical (unpaired) electrons. The van der Waals surface area contributed by atoms with E-state index in [0.29, 0.717) is 17.4 Å². The first kappa shape index (κ1) is 20.6. The van der Waals surface area contributed by atoms with Crippen LogP contribution in [0.3, 0.4) is 0 Å². The summed E-state index contributed by atoms with van der Waals surface area (Å²) in [4.78, 5) is 4.49. The number of imidazole rings is 1. The van der Waals surface area contributed by atoms with E-state index in [1.807, 2.05) is 30.3 Å². The van der Waals surface area contributed by atoms with Crippen molar-refractivity contribution in [2.24, 2.45) is 0 Å². The van der Waals surface area contributed by atoms with Gasteiger partial charge in [0.25, 0.3) is 0 Å². The van der Waals surface area contributed by atoms with Gasteiger partial charge in [-0.3, -0.25) is 4.57 Å². The number of halogens is 5. The SMILES string of the molecule is Fc1cccc(-n2cc(-c3ccccc3)nc2NCc2cccc(C(F)(F)F)c2F)c1. The fourth-order valence-corrected chi connectivity index (χ4v) is 3.19. The van der Waals surface area contributed by atoms with Crippen molar-refractivity contribution in [3.63, 3.8) is 0 Å². The smallest absolute Gasteiger partial charge is 0.351 e. The molecule has 1 aromatic heterocycles. The Labute approximate surface area is 174 Å². The summed E-state index contributed by atoms with van der Waals surface area (Å²) < 4.78 is 68.7. The minimum Gasteiger partial charge on any atom is -0.351 e. The predicted molar refractivity (Wildman–Crippen MR) is 108 cm³/mol. The van der Waals surface area contributed by atoms with Gasteiger partial charge in [-0.15, -0.1) is 0 Å². The third-order valence-electron chi connectivity index (χ3n) is 4.68. The maximum absolute atomic E-state index is 14.4. The van der Waals surface area contributed by atoms with Crippen LogP contribution in [0.25, 0.3) is 16.9 Å². The van der Waals surface area contributed by atoms with Gasteiger partial charge in [0, 0.05) is 23.9 Å². The van der Waals surface area contributed by atoms with Crippen LogP contribution in [0.1, 0.15) is 11.1 Å². The van der Waals surface area contributed by atoms with Crippen LogP contribution in [-0.4, -0.2) is 9.55 Å². The Bertz CT molecular complexity index is 1200. The highest BCUT2D eigenvalue weighted by Gasteiger charge is 2.34. The van der Waals surface area contributed by atoms with Gasteiger partial charge in [-0.25, -0.2) is 13.8 Å². The van der Waals surface area contributed by atoms with Gasteiger partial charge in [0.15, 0.2) is 0 Å². The third kappa shape index (κ3) is 4.42. The standard InChI is InChI=1S/C23H16F5N3/c24-17-9-5-10-18(12-17)31-14-20(15-6-2-1-3-7-15)30-22(31)29-13-16-8-4-11-19(21(16)25)23(26,27)28/h1-12,14H,13H2,(H,29,30). The lowest BCUT2D eigenvalue weighted by molar-refractivity contribution is -0.140. The molecule has 0 fully saturated rings. The van der Waals surface area contributed by atoms with Gasteiger partial charge in [0.2, 0.25) is 5.95 Å². The van der Waals surface area contributed by atoms with E-state index in [0.717, 1.165) is 11.6 Å². The highest BCUT2D eigenvalue weighted by Crippen LogP contribution is 2.33. The van der Waals surface area contributed by atoms with Crippen molar-refractivity contribution in [1.29, 1.82) is 0 Å². The van der Waals surface area contributed by atoms with Crippen molar-refractivity contribution >= 4 is 5.95 Å². The van der Waals surface area contributed by atoms with Gasteiger partial charge >= 0.3 is 6.18 Å². The zero-order valence-corrected chi connectivity index (χ0v) is 16.0. The zero-order valence-electron chi connectivity index (χ0n) is 16.0. The average molecular weight is 429 g/mol. The van der Waals surface area contributed by atoms with Crippen LogP contribution in [0.5, 0.6) is 0 Å². The van der Waals surface area contributed by atoms with E-state index in [-0.39, 0.29) is 18.1 Å². The molecule has 0 aliphatic carbocycles. The molecule has 3 aromatic carbocycles. The fraction of sp³-hybridized carbons (Fsp3) is 0.0870. The van der Waals surface area contributed by atoms with Crippen LogP contribution < -0.4 is 5.32 Å². The van der Waals surface area contributed by atoms with Crippen molar-refractivity contribution in [2.75, 3.05) is 5.32 Å². The second-order valence-corrected chi connectivity index (χ2v) is 6.80. The maximum Gasteiger partial charge on any atom is 0.419 e. The molecule has 0 aliphatic heterocycles. The lowest BCUT2D eigenvalue weighted by atomic mass is 10.1. The number of alkyl halides is 3. The van der Waals surface area contributed by atoms with Crippen molar-refractivity contribution < 1.29 is 22.0 Å². The van der Waals surface area contributed by atoms with Gasteiger partial charge < -0.3 is 5.32 Å². The third-order valence-corrected chi connectivity index (χ3v) is 4.68. The minimum absolute atomic E-state index is 0.162. The van der Waals surface area contributed by atoms with Gasteiger partial charge in [0.05, 0.1) is 16.9 Å². The summed E-state index contributed by atoms with van der Waals surface area (Å²) in [7, 11) is 0. The largest absolute Gasteiger partial charge is 0.419 e. The molecule has 0 spiro atoms. The second-order valence-electron chi connectivity index (χ2n) is 6.80. The number of aromatic nitrogens is 2. The molecule has 0 amide bonds. The van der Waals surface area contributed by atoms with E-state index >= 15 is 0 Å². The Balaban J connectivity index is 1.70. The van der Waals surface area contributed by atoms with Crippen molar-refractivity contribution in [2.45, 2.75) is 12.7 Å². The number of rotatable bonds is 5. The summed E-state index contributed by atoms with van der Waals surface area (Å²) in [5.74, 6) is -1.56. The molecule has 1 heterocycles. The van der Waals surface area contributed by atoms with E-state index in [1.165, 1.54) is 24.3 Å². The molecule has 1 N–H and O–H groups in total. The first-order valence-electron chi connectivity index (χ1n) is 9.32. The summed E-state index contributed by atoms with van der Waals surface area (Å²) in [6, 6.07) is 18.1. The quantitative estimate of drug-likeness (QED) is 0.370. The van der Waals surface area contributed by atoms with Crippen molar-refractivity contribution in [3.8, 4) is 16.9 Å². The highest BCUT2D eigenvalue weighted by atomic mass is 19.4. The molecular formula is C23H16F5N3. The molecule has 0 saturated heterocycles. The minimum atomic E-state index is -4.79. The molecular weight excluding hydrogens is 413 g/mol. The summed E-state index contributed by atoms with van der Waals surface area (Å²) in [6.45, 7) is -0.240. The number of nitrogens with one attached hydrogen (secondary N) is 1.